The first-order chi connectivity index (χ1) is 9.22. The minimum Gasteiger partial charge on any atom is -0.291 e. The van der Waals surface area contributed by atoms with Gasteiger partial charge in [0.15, 0.2) is 0 Å². The molecular weight excluding hydrogens is 325 g/mol. The monoisotopic (exact) mass is 339 g/mol. The molecular formula is C15H15BrFNS. The Morgan fingerprint density at radius 1 is 1.21 bits per heavy atom. The van der Waals surface area contributed by atoms with E-state index in [-0.39, 0.29) is 5.82 Å². The summed E-state index contributed by atoms with van der Waals surface area (Å²) in [5.41, 5.74) is 1.23. The van der Waals surface area contributed by atoms with Gasteiger partial charge in [0.05, 0.1) is 3.79 Å². The normalized spacial score (nSPS) is 20.0. The molecule has 0 N–H and O–H groups in total. The van der Waals surface area contributed by atoms with Crippen molar-refractivity contribution in [2.24, 2.45) is 0 Å². The molecule has 1 aliphatic heterocycles. The fraction of sp³-hybridized carbons (Fsp3) is 0.333. The van der Waals surface area contributed by atoms with Crippen molar-refractivity contribution in [2.45, 2.75) is 25.4 Å². The van der Waals surface area contributed by atoms with Crippen LogP contribution in [-0.2, 0) is 6.54 Å². The van der Waals surface area contributed by atoms with E-state index in [0.29, 0.717) is 6.04 Å². The molecule has 1 unspecified atom stereocenters. The predicted molar refractivity (Wildman–Crippen MR) is 80.8 cm³/mol. The summed E-state index contributed by atoms with van der Waals surface area (Å²) in [5, 5.41) is 0. The SMILES string of the molecule is Fc1ccc(C2CCCN2Cc2ccc(Br)s2)cc1. The number of hydrogen-bond acceptors (Lipinski definition) is 2. The molecule has 1 saturated heterocycles. The second kappa shape index (κ2) is 5.73. The second-order valence-electron chi connectivity index (χ2n) is 4.89. The predicted octanol–water partition coefficient (Wildman–Crippen LogP) is 4.99. The van der Waals surface area contributed by atoms with Gasteiger partial charge >= 0.3 is 0 Å². The molecule has 1 aromatic heterocycles. The molecule has 1 nitrogen and oxygen atoms in total. The third-order valence-corrected chi connectivity index (χ3v) is 5.21. The summed E-state index contributed by atoms with van der Waals surface area (Å²) in [5.74, 6) is -0.157. The zero-order valence-electron chi connectivity index (χ0n) is 10.5. The second-order valence-corrected chi connectivity index (χ2v) is 7.43. The molecule has 0 amide bonds. The van der Waals surface area contributed by atoms with Crippen molar-refractivity contribution in [1.29, 1.82) is 0 Å². The summed E-state index contributed by atoms with van der Waals surface area (Å²) in [7, 11) is 0. The number of benzene rings is 1. The van der Waals surface area contributed by atoms with Gasteiger partial charge in [0, 0.05) is 17.5 Å². The molecule has 0 saturated carbocycles. The quantitative estimate of drug-likeness (QED) is 0.761. The molecule has 3 rings (SSSR count). The Hall–Kier alpha value is -0.710. The molecule has 1 fully saturated rings. The van der Waals surface area contributed by atoms with Crippen LogP contribution in [0.5, 0.6) is 0 Å². The highest BCUT2D eigenvalue weighted by molar-refractivity contribution is 9.11. The fourth-order valence-electron chi connectivity index (χ4n) is 2.71. The number of hydrogen-bond donors (Lipinski definition) is 0. The Balaban J connectivity index is 1.76. The molecule has 1 aromatic carbocycles. The Kier molecular flexibility index (Phi) is 4.01. The molecule has 2 aromatic rings. The molecule has 0 radical (unpaired) electrons. The average molecular weight is 340 g/mol. The van der Waals surface area contributed by atoms with E-state index in [9.17, 15) is 4.39 Å². The van der Waals surface area contributed by atoms with Gasteiger partial charge in [0.1, 0.15) is 5.82 Å². The van der Waals surface area contributed by atoms with Crippen molar-refractivity contribution in [3.8, 4) is 0 Å². The third-order valence-electron chi connectivity index (χ3n) is 3.61. The molecule has 1 aliphatic rings. The lowest BCUT2D eigenvalue weighted by molar-refractivity contribution is 0.250. The van der Waals surface area contributed by atoms with Gasteiger partial charge in [-0.3, -0.25) is 4.90 Å². The smallest absolute Gasteiger partial charge is 0.123 e. The lowest BCUT2D eigenvalue weighted by Gasteiger charge is -2.24. The lowest BCUT2D eigenvalue weighted by atomic mass is 10.0. The summed E-state index contributed by atoms with van der Waals surface area (Å²) < 4.78 is 14.2. The van der Waals surface area contributed by atoms with Gasteiger partial charge in [-0.05, 0) is 65.1 Å². The first-order valence-electron chi connectivity index (χ1n) is 6.46. The van der Waals surface area contributed by atoms with Crippen LogP contribution in [-0.4, -0.2) is 11.4 Å². The Morgan fingerprint density at radius 2 is 2.00 bits per heavy atom. The summed E-state index contributed by atoms with van der Waals surface area (Å²) in [4.78, 5) is 3.87. The van der Waals surface area contributed by atoms with Crippen LogP contribution in [0.1, 0.15) is 29.3 Å². The fourth-order valence-corrected chi connectivity index (χ4v) is 4.22. The van der Waals surface area contributed by atoms with Crippen molar-refractivity contribution in [2.75, 3.05) is 6.54 Å². The van der Waals surface area contributed by atoms with Crippen molar-refractivity contribution >= 4 is 27.3 Å². The maximum atomic E-state index is 13.0. The van der Waals surface area contributed by atoms with Gasteiger partial charge in [-0.1, -0.05) is 12.1 Å². The van der Waals surface area contributed by atoms with E-state index in [1.165, 1.54) is 20.6 Å². The van der Waals surface area contributed by atoms with Gasteiger partial charge in [-0.25, -0.2) is 4.39 Å². The van der Waals surface area contributed by atoms with Crippen LogP contribution in [0.25, 0.3) is 0 Å². The van der Waals surface area contributed by atoms with Crippen molar-refractivity contribution < 1.29 is 4.39 Å². The molecule has 100 valence electrons. The van der Waals surface area contributed by atoms with E-state index in [2.05, 4.69) is 33.0 Å². The highest BCUT2D eigenvalue weighted by atomic mass is 79.9. The molecule has 1 atom stereocenters. The topological polar surface area (TPSA) is 3.24 Å². The summed E-state index contributed by atoms with van der Waals surface area (Å²) in [6, 6.07) is 11.7. The summed E-state index contributed by atoms with van der Waals surface area (Å²) in [6.45, 7) is 2.11. The van der Waals surface area contributed by atoms with E-state index in [4.69, 9.17) is 0 Å². The number of rotatable bonds is 3. The van der Waals surface area contributed by atoms with Gasteiger partial charge in [-0.2, -0.15) is 0 Å². The zero-order valence-corrected chi connectivity index (χ0v) is 12.9. The number of thiophene rings is 1. The lowest BCUT2D eigenvalue weighted by Crippen LogP contribution is -2.22. The van der Waals surface area contributed by atoms with Crippen LogP contribution in [0.4, 0.5) is 4.39 Å². The van der Waals surface area contributed by atoms with Crippen molar-refractivity contribution in [3.63, 3.8) is 0 Å². The van der Waals surface area contributed by atoms with E-state index >= 15 is 0 Å². The van der Waals surface area contributed by atoms with Gasteiger partial charge < -0.3 is 0 Å². The maximum Gasteiger partial charge on any atom is 0.123 e. The van der Waals surface area contributed by atoms with Crippen LogP contribution >= 0.6 is 27.3 Å². The van der Waals surface area contributed by atoms with Gasteiger partial charge in [-0.15, -0.1) is 11.3 Å². The Labute approximate surface area is 125 Å². The molecule has 19 heavy (non-hydrogen) atoms. The molecule has 2 heterocycles. The first kappa shape index (κ1) is 13.3. The third kappa shape index (κ3) is 3.07. The zero-order chi connectivity index (χ0) is 13.2. The minimum atomic E-state index is -0.157. The van der Waals surface area contributed by atoms with Crippen LogP contribution in [0.2, 0.25) is 0 Å². The molecule has 0 bridgehead atoms. The number of likely N-dealkylation sites (tertiary alicyclic amines) is 1. The molecule has 0 aliphatic carbocycles. The van der Waals surface area contributed by atoms with Crippen LogP contribution in [0.15, 0.2) is 40.2 Å². The van der Waals surface area contributed by atoms with Crippen LogP contribution < -0.4 is 0 Å². The van der Waals surface area contributed by atoms with E-state index in [0.717, 1.165) is 19.5 Å². The minimum absolute atomic E-state index is 0.157. The first-order valence-corrected chi connectivity index (χ1v) is 8.07. The van der Waals surface area contributed by atoms with Gasteiger partial charge in [0.2, 0.25) is 0 Å². The largest absolute Gasteiger partial charge is 0.291 e. The highest BCUT2D eigenvalue weighted by Gasteiger charge is 2.26. The number of halogens is 2. The van der Waals surface area contributed by atoms with Crippen molar-refractivity contribution in [3.05, 3.63) is 56.4 Å². The highest BCUT2D eigenvalue weighted by Crippen LogP contribution is 2.34. The van der Waals surface area contributed by atoms with Crippen LogP contribution in [0, 0.1) is 5.82 Å². The van der Waals surface area contributed by atoms with E-state index < -0.39 is 0 Å². The summed E-state index contributed by atoms with van der Waals surface area (Å²) >= 11 is 5.30. The average Bonchev–Trinajstić information content (AvgIpc) is 3.00. The number of nitrogens with zero attached hydrogens (tertiary/aromatic N) is 1. The van der Waals surface area contributed by atoms with Gasteiger partial charge in [0.25, 0.3) is 0 Å². The van der Waals surface area contributed by atoms with Crippen molar-refractivity contribution in [1.82, 2.24) is 4.90 Å². The molecule has 4 heteroatoms. The standard InChI is InChI=1S/C15H15BrFNS/c16-15-8-7-13(19-15)10-18-9-1-2-14(18)11-3-5-12(17)6-4-11/h3-8,14H,1-2,9-10H2. The Bertz CT molecular complexity index is 552. The van der Waals surface area contributed by atoms with E-state index in [1.54, 1.807) is 23.5 Å². The maximum absolute atomic E-state index is 13.0. The summed E-state index contributed by atoms with van der Waals surface area (Å²) in [6.07, 6.45) is 2.38. The van der Waals surface area contributed by atoms with E-state index in [1.807, 2.05) is 12.1 Å². The molecule has 0 spiro atoms. The van der Waals surface area contributed by atoms with Crippen LogP contribution in [0.3, 0.4) is 0 Å². The Morgan fingerprint density at radius 3 is 2.68 bits per heavy atom.